The summed E-state index contributed by atoms with van der Waals surface area (Å²) in [5.74, 6) is 1.27. The van der Waals surface area contributed by atoms with Gasteiger partial charge < -0.3 is 28.4 Å². The zero-order chi connectivity index (χ0) is 28.9. The molecule has 40 heavy (non-hydrogen) atoms. The number of methoxy groups -OCH3 is 1. The van der Waals surface area contributed by atoms with Gasteiger partial charge >= 0.3 is 8.80 Å². The van der Waals surface area contributed by atoms with Crippen molar-refractivity contribution in [3.8, 4) is 5.75 Å². The van der Waals surface area contributed by atoms with E-state index < -0.39 is 20.6 Å². The molecule has 2 N–H and O–H groups in total. The first-order chi connectivity index (χ1) is 19.3. The van der Waals surface area contributed by atoms with Gasteiger partial charge in [-0.3, -0.25) is 9.69 Å². The molecule has 0 radical (unpaired) electrons. The fourth-order valence-corrected chi connectivity index (χ4v) is 9.20. The maximum absolute atomic E-state index is 13.8. The fourth-order valence-electron chi connectivity index (χ4n) is 6.33. The molecule has 3 unspecified atom stereocenters. The second kappa shape index (κ2) is 13.5. The zero-order valence-electron chi connectivity index (χ0n) is 24.5. The molecular weight excluding hydrogens is 526 g/mol. The molecule has 9 nitrogen and oxygen atoms in total. The number of aromatic nitrogens is 1. The van der Waals surface area contributed by atoms with E-state index in [2.05, 4.69) is 22.9 Å². The second-order valence-electron chi connectivity index (χ2n) is 10.5. The molecule has 3 aliphatic heterocycles. The number of carbonyl (C=O) groups is 1. The maximum atomic E-state index is 13.8. The number of rotatable bonds is 14. The zero-order valence-corrected chi connectivity index (χ0v) is 25.5. The van der Waals surface area contributed by atoms with Crippen molar-refractivity contribution in [2.24, 2.45) is 11.8 Å². The number of nitrogens with zero attached hydrogens (tertiary/aromatic N) is 2. The number of benzene rings is 1. The summed E-state index contributed by atoms with van der Waals surface area (Å²) < 4.78 is 23.7. The number of piperidine rings is 3. The third kappa shape index (κ3) is 6.12. The SMILES string of the molecule is C=C[C@H]1CN2CCC1C[C@H]2[C@H](O)c1cc(C(=O)NC(CC)[Si](OCC)(OCC)OCC)nc2ccc(OC)cc12. The van der Waals surface area contributed by atoms with Crippen LogP contribution in [0, 0.1) is 11.8 Å². The van der Waals surface area contributed by atoms with Crippen LogP contribution in [-0.2, 0) is 13.3 Å². The topological polar surface area (TPSA) is 102 Å². The van der Waals surface area contributed by atoms with Crippen molar-refractivity contribution in [1.82, 2.24) is 15.2 Å². The quantitative estimate of drug-likeness (QED) is 0.256. The minimum Gasteiger partial charge on any atom is -0.497 e. The molecule has 10 heteroatoms. The van der Waals surface area contributed by atoms with E-state index in [1.165, 1.54) is 0 Å². The molecule has 0 saturated carbocycles. The highest BCUT2D eigenvalue weighted by molar-refractivity contribution is 6.62. The monoisotopic (exact) mass is 571 g/mol. The van der Waals surface area contributed by atoms with E-state index in [0.29, 0.717) is 54.9 Å². The van der Waals surface area contributed by atoms with Gasteiger partial charge in [0.25, 0.3) is 5.91 Å². The van der Waals surface area contributed by atoms with Crippen LogP contribution in [0.25, 0.3) is 10.9 Å². The number of ether oxygens (including phenoxy) is 1. The third-order valence-electron chi connectivity index (χ3n) is 8.29. The predicted molar refractivity (Wildman–Crippen MR) is 157 cm³/mol. The van der Waals surface area contributed by atoms with E-state index in [4.69, 9.17) is 23.0 Å². The van der Waals surface area contributed by atoms with E-state index in [-0.39, 0.29) is 17.6 Å². The minimum absolute atomic E-state index is 0.0417. The van der Waals surface area contributed by atoms with E-state index >= 15 is 0 Å². The van der Waals surface area contributed by atoms with Crippen LogP contribution in [0.1, 0.15) is 69.1 Å². The Balaban J connectivity index is 1.70. The van der Waals surface area contributed by atoms with Gasteiger partial charge in [-0.1, -0.05) is 13.0 Å². The molecule has 5 rings (SSSR count). The Kier molecular flexibility index (Phi) is 10.4. The lowest BCUT2D eigenvalue weighted by molar-refractivity contribution is -0.0445. The molecule has 3 fully saturated rings. The highest BCUT2D eigenvalue weighted by atomic mass is 28.4. The van der Waals surface area contributed by atoms with Gasteiger partial charge in [0.2, 0.25) is 0 Å². The summed E-state index contributed by atoms with van der Waals surface area (Å²) in [4.78, 5) is 20.8. The van der Waals surface area contributed by atoms with E-state index in [1.807, 2.05) is 45.9 Å². The Morgan fingerprint density at radius 2 is 1.90 bits per heavy atom. The van der Waals surface area contributed by atoms with Crippen LogP contribution in [0.2, 0.25) is 0 Å². The second-order valence-corrected chi connectivity index (χ2v) is 13.3. The maximum Gasteiger partial charge on any atom is 0.524 e. The lowest BCUT2D eigenvalue weighted by Crippen LogP contribution is -2.62. The van der Waals surface area contributed by atoms with Crippen LogP contribution in [0.5, 0.6) is 5.75 Å². The fraction of sp³-hybridized carbons (Fsp3) is 0.600. The number of pyridine rings is 1. The number of hydrogen-bond acceptors (Lipinski definition) is 8. The van der Waals surface area contributed by atoms with Crippen molar-refractivity contribution < 1.29 is 27.9 Å². The molecule has 220 valence electrons. The summed E-state index contributed by atoms with van der Waals surface area (Å²) in [6.07, 6.45) is 3.83. The molecule has 2 aromatic rings. The van der Waals surface area contributed by atoms with Crippen LogP contribution < -0.4 is 10.1 Å². The Labute approximate surface area is 239 Å². The van der Waals surface area contributed by atoms with Crippen molar-refractivity contribution in [1.29, 1.82) is 0 Å². The van der Waals surface area contributed by atoms with E-state index in [1.54, 1.807) is 13.2 Å². The van der Waals surface area contributed by atoms with Gasteiger partial charge in [0.05, 0.1) is 24.4 Å². The number of nitrogens with one attached hydrogen (secondary N) is 1. The number of aliphatic hydroxyl groups is 1. The van der Waals surface area contributed by atoms with Crippen molar-refractivity contribution >= 4 is 25.6 Å². The molecule has 4 heterocycles. The van der Waals surface area contributed by atoms with Crippen molar-refractivity contribution in [2.45, 2.75) is 64.8 Å². The smallest absolute Gasteiger partial charge is 0.497 e. The Bertz CT molecular complexity index is 1160. The molecule has 2 bridgehead atoms. The van der Waals surface area contributed by atoms with Crippen molar-refractivity contribution in [3.05, 3.63) is 48.2 Å². The van der Waals surface area contributed by atoms with Crippen LogP contribution >= 0.6 is 0 Å². The summed E-state index contributed by atoms with van der Waals surface area (Å²) in [5.41, 5.74) is 1.09. The largest absolute Gasteiger partial charge is 0.524 e. The first kappa shape index (κ1) is 30.6. The first-order valence-electron chi connectivity index (χ1n) is 14.6. The number of carbonyl (C=O) groups excluding carboxylic acids is 1. The average Bonchev–Trinajstić information content (AvgIpc) is 2.98. The summed E-state index contributed by atoms with van der Waals surface area (Å²) in [6, 6.07) is 7.23. The molecular formula is C30H45N3O6Si. The lowest BCUT2D eigenvalue weighted by atomic mass is 9.73. The number of aliphatic hydroxyl groups excluding tert-OH is 1. The standard InChI is InChI=1S/C30H45N3O6Si/c1-7-20-19-33-15-14-21(20)16-27(33)29(34)24-18-26(31-25-13-12-22(36-6)17-23(24)25)30(35)32-28(8-2)40(37-9-3,38-10-4)39-11-5/h7,12-13,17-18,20-21,27-29,34H,1,8-11,14-16,19H2,2-6H3,(H,32,35)/t20-,21?,27-,28?,29+/m0/s1. The van der Waals surface area contributed by atoms with E-state index in [0.717, 1.165) is 31.3 Å². The molecule has 0 spiro atoms. The summed E-state index contributed by atoms with van der Waals surface area (Å²) in [7, 11) is -1.59. The van der Waals surface area contributed by atoms with Crippen LogP contribution in [0.15, 0.2) is 36.9 Å². The summed E-state index contributed by atoms with van der Waals surface area (Å²) in [6.45, 7) is 14.8. The Morgan fingerprint density at radius 1 is 1.20 bits per heavy atom. The highest BCUT2D eigenvalue weighted by Gasteiger charge is 2.49. The van der Waals surface area contributed by atoms with Crippen LogP contribution in [0.3, 0.4) is 0 Å². The van der Waals surface area contributed by atoms with Crippen LogP contribution in [-0.4, -0.2) is 81.4 Å². The number of fused-ring (bicyclic) bond motifs is 4. The average molecular weight is 572 g/mol. The molecule has 3 aliphatic rings. The van der Waals surface area contributed by atoms with Gasteiger partial charge in [-0.05, 0) is 88.2 Å². The first-order valence-corrected chi connectivity index (χ1v) is 16.4. The Hall–Kier alpha value is -2.34. The van der Waals surface area contributed by atoms with Gasteiger partial charge in [-0.25, -0.2) is 4.98 Å². The van der Waals surface area contributed by atoms with Crippen molar-refractivity contribution in [2.75, 3.05) is 40.0 Å². The molecule has 3 saturated heterocycles. The van der Waals surface area contributed by atoms with Crippen LogP contribution in [0.4, 0.5) is 0 Å². The molecule has 6 atom stereocenters. The van der Waals surface area contributed by atoms with Gasteiger partial charge in [-0.15, -0.1) is 6.58 Å². The summed E-state index contributed by atoms with van der Waals surface area (Å²) in [5, 5.41) is 15.7. The van der Waals surface area contributed by atoms with Gasteiger partial charge in [0.15, 0.2) is 0 Å². The molecule has 1 aromatic heterocycles. The Morgan fingerprint density at radius 3 is 2.45 bits per heavy atom. The number of hydrogen-bond donors (Lipinski definition) is 2. The minimum atomic E-state index is -3.21. The van der Waals surface area contributed by atoms with Crippen molar-refractivity contribution in [3.63, 3.8) is 0 Å². The molecule has 1 aromatic carbocycles. The highest BCUT2D eigenvalue weighted by Crippen LogP contribution is 2.42. The lowest BCUT2D eigenvalue weighted by Gasteiger charge is -2.50. The van der Waals surface area contributed by atoms with E-state index in [9.17, 15) is 9.90 Å². The normalized spacial score (nSPS) is 24.1. The molecule has 1 amide bonds. The van der Waals surface area contributed by atoms with Gasteiger partial charge in [0.1, 0.15) is 11.4 Å². The van der Waals surface area contributed by atoms with Gasteiger partial charge in [-0.2, -0.15) is 0 Å². The predicted octanol–water partition coefficient (Wildman–Crippen LogP) is 4.27. The van der Waals surface area contributed by atoms with Gasteiger partial charge in [0, 0.05) is 37.8 Å². The molecule has 0 aliphatic carbocycles. The summed E-state index contributed by atoms with van der Waals surface area (Å²) >= 11 is 0. The number of amides is 1. The third-order valence-corrected chi connectivity index (χ3v) is 11.8.